The Labute approximate surface area is 126 Å². The molecule has 0 aliphatic carbocycles. The first-order valence-electron chi connectivity index (χ1n) is 6.28. The van der Waals surface area contributed by atoms with E-state index in [1.165, 1.54) is 12.1 Å². The van der Waals surface area contributed by atoms with Crippen molar-refractivity contribution in [2.75, 3.05) is 0 Å². The van der Waals surface area contributed by atoms with Crippen LogP contribution in [0.3, 0.4) is 0 Å². The van der Waals surface area contributed by atoms with Crippen LogP contribution in [-0.2, 0) is 4.79 Å². The SMILES string of the molecule is O=C(O)CCC(=O)c1ccc(-c2ccc(F)cc2Cl)cc1. The highest BCUT2D eigenvalue weighted by Gasteiger charge is 2.10. The zero-order chi connectivity index (χ0) is 15.4. The number of carbonyl (C=O) groups excluding carboxylic acids is 1. The standard InChI is InChI=1S/C16H12ClFO3/c17-14-9-12(18)5-6-13(14)10-1-3-11(4-2-10)15(19)7-8-16(20)21/h1-6,9H,7-8H2,(H,20,21). The maximum atomic E-state index is 13.0. The molecule has 2 aromatic rings. The number of rotatable bonds is 5. The van der Waals surface area contributed by atoms with Crippen LogP contribution in [0, 0.1) is 5.82 Å². The molecule has 0 atom stereocenters. The van der Waals surface area contributed by atoms with Gasteiger partial charge in [-0.05, 0) is 23.8 Å². The number of benzene rings is 2. The molecule has 3 nitrogen and oxygen atoms in total. The number of carboxylic acid groups (broad SMARTS) is 1. The maximum absolute atomic E-state index is 13.0. The van der Waals surface area contributed by atoms with Gasteiger partial charge in [0.05, 0.1) is 11.4 Å². The Morgan fingerprint density at radius 1 is 1.05 bits per heavy atom. The second-order valence-electron chi connectivity index (χ2n) is 4.52. The number of hydrogen-bond donors (Lipinski definition) is 1. The Hall–Kier alpha value is -2.20. The Balaban J connectivity index is 2.18. The molecule has 0 bridgehead atoms. The van der Waals surface area contributed by atoms with Crippen molar-refractivity contribution in [2.24, 2.45) is 0 Å². The summed E-state index contributed by atoms with van der Waals surface area (Å²) in [6.45, 7) is 0. The van der Waals surface area contributed by atoms with Crippen LogP contribution in [0.15, 0.2) is 42.5 Å². The molecule has 108 valence electrons. The molecule has 0 heterocycles. The molecular weight excluding hydrogens is 295 g/mol. The molecule has 0 aliphatic rings. The number of halogens is 2. The minimum atomic E-state index is -1.00. The highest BCUT2D eigenvalue weighted by atomic mass is 35.5. The summed E-state index contributed by atoms with van der Waals surface area (Å²) in [7, 11) is 0. The van der Waals surface area contributed by atoms with Gasteiger partial charge < -0.3 is 5.11 Å². The molecule has 2 aromatic carbocycles. The first kappa shape index (κ1) is 15.2. The van der Waals surface area contributed by atoms with E-state index in [1.54, 1.807) is 30.3 Å². The fraction of sp³-hybridized carbons (Fsp3) is 0.125. The van der Waals surface area contributed by atoms with Crippen molar-refractivity contribution < 1.29 is 19.1 Å². The second kappa shape index (κ2) is 6.50. The lowest BCUT2D eigenvalue weighted by Gasteiger charge is -2.06. The monoisotopic (exact) mass is 306 g/mol. The molecule has 0 radical (unpaired) electrons. The minimum Gasteiger partial charge on any atom is -0.481 e. The van der Waals surface area contributed by atoms with Gasteiger partial charge in [0, 0.05) is 17.5 Å². The minimum absolute atomic E-state index is 0.0357. The summed E-state index contributed by atoms with van der Waals surface area (Å²) in [5.41, 5.74) is 1.87. The van der Waals surface area contributed by atoms with Crippen LogP contribution in [0.4, 0.5) is 4.39 Å². The van der Waals surface area contributed by atoms with Gasteiger partial charge in [-0.15, -0.1) is 0 Å². The van der Waals surface area contributed by atoms with Crippen molar-refractivity contribution in [3.05, 3.63) is 58.9 Å². The van der Waals surface area contributed by atoms with Crippen LogP contribution in [0.5, 0.6) is 0 Å². The molecule has 0 aromatic heterocycles. The predicted molar refractivity (Wildman–Crippen MR) is 78.0 cm³/mol. The van der Waals surface area contributed by atoms with Crippen LogP contribution in [0.1, 0.15) is 23.2 Å². The molecule has 0 amide bonds. The summed E-state index contributed by atoms with van der Waals surface area (Å²) in [6, 6.07) is 10.7. The largest absolute Gasteiger partial charge is 0.481 e. The quantitative estimate of drug-likeness (QED) is 0.843. The average molecular weight is 307 g/mol. The number of hydrogen-bond acceptors (Lipinski definition) is 2. The summed E-state index contributed by atoms with van der Waals surface area (Å²) < 4.78 is 13.0. The summed E-state index contributed by atoms with van der Waals surface area (Å²) in [6.07, 6.45) is -0.226. The smallest absolute Gasteiger partial charge is 0.303 e. The Bertz CT molecular complexity index is 680. The topological polar surface area (TPSA) is 54.4 Å². The van der Waals surface area contributed by atoms with Gasteiger partial charge >= 0.3 is 5.97 Å². The summed E-state index contributed by atoms with van der Waals surface area (Å²) in [5, 5.41) is 8.85. The van der Waals surface area contributed by atoms with E-state index in [-0.39, 0.29) is 18.6 Å². The van der Waals surface area contributed by atoms with Gasteiger partial charge in [-0.3, -0.25) is 9.59 Å². The summed E-state index contributed by atoms with van der Waals surface area (Å²) in [5.74, 6) is -1.64. The molecule has 21 heavy (non-hydrogen) atoms. The first-order valence-corrected chi connectivity index (χ1v) is 6.65. The fourth-order valence-electron chi connectivity index (χ4n) is 1.92. The van der Waals surface area contributed by atoms with Crippen molar-refractivity contribution in [2.45, 2.75) is 12.8 Å². The third kappa shape index (κ3) is 3.89. The third-order valence-electron chi connectivity index (χ3n) is 3.01. The molecular formula is C16H12ClFO3. The summed E-state index contributed by atoms with van der Waals surface area (Å²) >= 11 is 5.98. The highest BCUT2D eigenvalue weighted by Crippen LogP contribution is 2.28. The molecule has 0 saturated carbocycles. The molecule has 0 aliphatic heterocycles. The fourth-order valence-corrected chi connectivity index (χ4v) is 2.20. The van der Waals surface area contributed by atoms with Crippen molar-refractivity contribution in [1.82, 2.24) is 0 Å². The number of Topliss-reactive ketones (excluding diaryl/α,β-unsaturated/α-hetero) is 1. The highest BCUT2D eigenvalue weighted by molar-refractivity contribution is 6.33. The predicted octanol–water partition coefficient (Wildman–Crippen LogP) is 4.19. The van der Waals surface area contributed by atoms with Crippen LogP contribution in [0.25, 0.3) is 11.1 Å². The van der Waals surface area contributed by atoms with E-state index in [2.05, 4.69) is 0 Å². The van der Waals surface area contributed by atoms with Gasteiger partial charge in [0.1, 0.15) is 5.82 Å². The van der Waals surface area contributed by atoms with E-state index in [0.29, 0.717) is 16.1 Å². The maximum Gasteiger partial charge on any atom is 0.303 e. The lowest BCUT2D eigenvalue weighted by Crippen LogP contribution is -2.03. The number of ketones is 1. The Morgan fingerprint density at radius 3 is 2.29 bits per heavy atom. The van der Waals surface area contributed by atoms with Gasteiger partial charge in [-0.25, -0.2) is 4.39 Å². The molecule has 0 unspecified atom stereocenters. The molecule has 1 N–H and O–H groups in total. The van der Waals surface area contributed by atoms with Crippen LogP contribution >= 0.6 is 11.6 Å². The van der Waals surface area contributed by atoms with E-state index in [9.17, 15) is 14.0 Å². The Kier molecular flexibility index (Phi) is 4.70. The third-order valence-corrected chi connectivity index (χ3v) is 3.33. The van der Waals surface area contributed by atoms with Crippen molar-refractivity contribution in [3.8, 4) is 11.1 Å². The van der Waals surface area contributed by atoms with Gasteiger partial charge in [-0.1, -0.05) is 35.9 Å². The number of aliphatic carboxylic acids is 1. The van der Waals surface area contributed by atoms with Gasteiger partial charge in [-0.2, -0.15) is 0 Å². The normalized spacial score (nSPS) is 10.4. The van der Waals surface area contributed by atoms with E-state index >= 15 is 0 Å². The van der Waals surface area contributed by atoms with Crippen molar-refractivity contribution in [1.29, 1.82) is 0 Å². The van der Waals surface area contributed by atoms with E-state index in [4.69, 9.17) is 16.7 Å². The van der Waals surface area contributed by atoms with Crippen LogP contribution in [-0.4, -0.2) is 16.9 Å². The lowest BCUT2D eigenvalue weighted by molar-refractivity contribution is -0.136. The lowest BCUT2D eigenvalue weighted by atomic mass is 10.0. The van der Waals surface area contributed by atoms with E-state index in [1.807, 2.05) is 0 Å². The van der Waals surface area contributed by atoms with Gasteiger partial charge in [0.25, 0.3) is 0 Å². The van der Waals surface area contributed by atoms with Crippen LogP contribution in [0.2, 0.25) is 5.02 Å². The van der Waals surface area contributed by atoms with Gasteiger partial charge in [0.2, 0.25) is 0 Å². The molecule has 0 spiro atoms. The van der Waals surface area contributed by atoms with Crippen LogP contribution < -0.4 is 0 Å². The Morgan fingerprint density at radius 2 is 1.71 bits per heavy atom. The summed E-state index contributed by atoms with van der Waals surface area (Å²) in [4.78, 5) is 22.2. The molecule has 0 saturated heterocycles. The van der Waals surface area contributed by atoms with Crippen molar-refractivity contribution >= 4 is 23.4 Å². The molecule has 5 heteroatoms. The zero-order valence-corrected chi connectivity index (χ0v) is 11.7. The molecule has 0 fully saturated rings. The molecule has 2 rings (SSSR count). The van der Waals surface area contributed by atoms with E-state index < -0.39 is 11.8 Å². The second-order valence-corrected chi connectivity index (χ2v) is 4.93. The number of carbonyl (C=O) groups is 2. The van der Waals surface area contributed by atoms with Crippen molar-refractivity contribution in [3.63, 3.8) is 0 Å². The van der Waals surface area contributed by atoms with E-state index in [0.717, 1.165) is 5.56 Å². The zero-order valence-electron chi connectivity index (χ0n) is 11.0. The first-order chi connectivity index (χ1) is 9.97. The number of carboxylic acids is 1. The van der Waals surface area contributed by atoms with Gasteiger partial charge in [0.15, 0.2) is 5.78 Å². The average Bonchev–Trinajstić information content (AvgIpc) is 2.45.